The number of anilines is 3. The molecule has 0 unspecified atom stereocenters. The Labute approximate surface area is 425 Å². The third kappa shape index (κ3) is 7.50. The van der Waals surface area contributed by atoms with Gasteiger partial charge in [0.2, 0.25) is 0 Å². The predicted molar refractivity (Wildman–Crippen MR) is 308 cm³/mol. The molecule has 1 heteroatoms. The van der Waals surface area contributed by atoms with E-state index in [9.17, 15) is 2.74 Å². The van der Waals surface area contributed by atoms with Gasteiger partial charge >= 0.3 is 0 Å². The van der Waals surface area contributed by atoms with Gasteiger partial charge in [0.15, 0.2) is 0 Å². The van der Waals surface area contributed by atoms with Gasteiger partial charge in [-0.25, -0.2) is 0 Å². The summed E-state index contributed by atoms with van der Waals surface area (Å²) in [5.74, 6) is 0. The molecular formula is C71H51N. The molecule has 0 radical (unpaired) electrons. The zero-order valence-electron chi connectivity index (χ0n) is 42.3. The molecule has 0 spiro atoms. The molecule has 1 aliphatic rings. The van der Waals surface area contributed by atoms with Crippen molar-refractivity contribution in [3.63, 3.8) is 0 Å². The molecule has 0 bridgehead atoms. The first kappa shape index (κ1) is 40.8. The molecular weight excluding hydrogens is 867 g/mol. The topological polar surface area (TPSA) is 3.24 Å². The smallest absolute Gasteiger partial charge is 0.0629 e. The highest BCUT2D eigenvalue weighted by molar-refractivity contribution is 6.24. The van der Waals surface area contributed by atoms with Crippen molar-refractivity contribution in [1.29, 1.82) is 0 Å². The molecule has 0 saturated carbocycles. The lowest BCUT2D eigenvalue weighted by atomic mass is 9.82. The quantitative estimate of drug-likeness (QED) is 0.103. The largest absolute Gasteiger partial charge is 0.310 e. The standard InChI is InChI=1S/C71H51N/c1-71(2)67-28-16-15-23-60(67)61-44-43-58(47-68(61)71)72(56-20-7-4-8-21-56)57-41-33-49(34-42-57)30-29-48-31-35-51(36-32-48)52-37-39-53(40-38-52)69-62-24-11-13-26-64(62)70(65-27-14-12-25-63(65)69)66-46-55(50-17-5-3-6-18-50)45-54-19-9-10-22-59(54)66/h3-47H,1-2H3/b30-29+/i29D,30D. The second-order valence-corrected chi connectivity index (χ2v) is 19.5. The maximum atomic E-state index is 9.21. The van der Waals surface area contributed by atoms with Crippen LogP contribution in [0.15, 0.2) is 261 Å². The fourth-order valence-electron chi connectivity index (χ4n) is 11.3. The molecule has 0 fully saturated rings. The first-order chi connectivity index (χ1) is 36.3. The van der Waals surface area contributed by atoms with E-state index in [1.807, 2.05) is 30.3 Å². The lowest BCUT2D eigenvalue weighted by molar-refractivity contribution is 0.660. The minimum Gasteiger partial charge on any atom is -0.310 e. The van der Waals surface area contributed by atoms with Crippen LogP contribution in [0, 0.1) is 0 Å². The van der Waals surface area contributed by atoms with Crippen molar-refractivity contribution in [2.24, 2.45) is 0 Å². The van der Waals surface area contributed by atoms with Crippen LogP contribution in [0.2, 0.25) is 0 Å². The fraction of sp³-hybridized carbons (Fsp3) is 0.0423. The predicted octanol–water partition coefficient (Wildman–Crippen LogP) is 19.8. The highest BCUT2D eigenvalue weighted by atomic mass is 15.1. The number of nitrogens with zero attached hydrogens (tertiary/aromatic N) is 1. The van der Waals surface area contributed by atoms with Crippen LogP contribution in [0.25, 0.3) is 100 Å². The number of para-hydroxylation sites is 1. The van der Waals surface area contributed by atoms with Gasteiger partial charge in [-0.05, 0) is 159 Å². The summed E-state index contributed by atoms with van der Waals surface area (Å²) in [5.41, 5.74) is 19.0. The monoisotopic (exact) mass is 919 g/mol. The Bertz CT molecular complexity index is 4080. The molecule has 0 N–H and O–H groups in total. The second-order valence-electron chi connectivity index (χ2n) is 19.5. The zero-order valence-corrected chi connectivity index (χ0v) is 40.3. The van der Waals surface area contributed by atoms with Crippen LogP contribution in [-0.2, 0) is 5.41 Å². The minimum absolute atomic E-state index is 0.124. The Morgan fingerprint density at radius 2 is 0.778 bits per heavy atom. The minimum atomic E-state index is -0.124. The average Bonchev–Trinajstić information content (AvgIpc) is 3.70. The second kappa shape index (κ2) is 17.7. The normalized spacial score (nSPS) is 13.3. The fourth-order valence-corrected chi connectivity index (χ4v) is 11.3. The highest BCUT2D eigenvalue weighted by Gasteiger charge is 2.35. The van der Waals surface area contributed by atoms with Gasteiger partial charge < -0.3 is 4.90 Å². The van der Waals surface area contributed by atoms with E-state index in [1.165, 1.54) is 82.4 Å². The Morgan fingerprint density at radius 1 is 0.319 bits per heavy atom. The summed E-state index contributed by atoms with van der Waals surface area (Å²) in [6, 6.07) is 93.2. The van der Waals surface area contributed by atoms with Gasteiger partial charge in [0, 0.05) is 22.5 Å². The summed E-state index contributed by atoms with van der Waals surface area (Å²) in [5, 5.41) is 7.33. The molecule has 12 aromatic rings. The van der Waals surface area contributed by atoms with Crippen molar-refractivity contribution >= 4 is 61.5 Å². The van der Waals surface area contributed by atoms with Gasteiger partial charge in [0.1, 0.15) is 0 Å². The van der Waals surface area contributed by atoms with E-state index in [0.717, 1.165) is 33.8 Å². The maximum Gasteiger partial charge on any atom is 0.0629 e. The van der Waals surface area contributed by atoms with E-state index in [0.29, 0.717) is 11.1 Å². The van der Waals surface area contributed by atoms with Crippen LogP contribution in [-0.4, -0.2) is 0 Å². The summed E-state index contributed by atoms with van der Waals surface area (Å²) in [7, 11) is 0. The Kier molecular flexibility index (Phi) is 10.0. The van der Waals surface area contributed by atoms with Crippen molar-refractivity contribution in [2.45, 2.75) is 19.3 Å². The van der Waals surface area contributed by atoms with E-state index < -0.39 is 0 Å². The molecule has 1 nitrogen and oxygen atoms in total. The van der Waals surface area contributed by atoms with Gasteiger partial charge in [0.25, 0.3) is 0 Å². The Hall–Kier alpha value is -9.04. The van der Waals surface area contributed by atoms with Gasteiger partial charge in [-0.2, -0.15) is 0 Å². The Balaban J connectivity index is 0.800. The van der Waals surface area contributed by atoms with E-state index in [4.69, 9.17) is 0 Å². The van der Waals surface area contributed by atoms with Crippen LogP contribution in [0.3, 0.4) is 0 Å². The van der Waals surface area contributed by atoms with Crippen LogP contribution < -0.4 is 4.90 Å². The van der Waals surface area contributed by atoms with E-state index in [1.54, 1.807) is 0 Å². The summed E-state index contributed by atoms with van der Waals surface area (Å²) in [6.07, 6.45) is 0. The summed E-state index contributed by atoms with van der Waals surface area (Å²) in [4.78, 5) is 2.28. The molecule has 0 saturated heterocycles. The molecule has 0 aliphatic heterocycles. The lowest BCUT2D eigenvalue weighted by Gasteiger charge is -2.28. The maximum absolute atomic E-state index is 9.21. The average molecular weight is 920 g/mol. The first-order valence-electron chi connectivity index (χ1n) is 25.9. The molecule has 0 atom stereocenters. The van der Waals surface area contributed by atoms with Crippen LogP contribution >= 0.6 is 0 Å². The molecule has 0 heterocycles. The van der Waals surface area contributed by atoms with Crippen molar-refractivity contribution in [1.82, 2.24) is 0 Å². The summed E-state index contributed by atoms with van der Waals surface area (Å²) in [6.45, 7) is 4.62. The zero-order chi connectivity index (χ0) is 49.9. The molecule has 0 amide bonds. The SMILES string of the molecule is [2H]/C(=C(/[2H])c1ccc(N(c2ccccc2)c2ccc3c(c2)C(C)(C)c2ccccc2-3)cc1)c1ccc(-c2ccc(-c3c4ccccc4c(-c4cc(-c5ccccc5)cc5ccccc45)c4ccccc34)cc2)cc1. The van der Waals surface area contributed by atoms with Crippen LogP contribution in [0.4, 0.5) is 17.1 Å². The number of fused-ring (bicyclic) bond motifs is 6. The first-order valence-corrected chi connectivity index (χ1v) is 24.9. The number of hydrogen-bond donors (Lipinski definition) is 0. The van der Waals surface area contributed by atoms with E-state index in [-0.39, 0.29) is 17.5 Å². The van der Waals surface area contributed by atoms with E-state index in [2.05, 4.69) is 249 Å². The summed E-state index contributed by atoms with van der Waals surface area (Å²) < 4.78 is 18.4. The molecule has 12 aromatic carbocycles. The molecule has 1 aliphatic carbocycles. The Morgan fingerprint density at radius 3 is 1.43 bits per heavy atom. The number of rotatable bonds is 9. The third-order valence-corrected chi connectivity index (χ3v) is 14.9. The number of benzene rings is 12. The number of hydrogen-bond acceptors (Lipinski definition) is 1. The molecule has 340 valence electrons. The summed E-state index contributed by atoms with van der Waals surface area (Å²) >= 11 is 0. The van der Waals surface area contributed by atoms with Crippen molar-refractivity contribution < 1.29 is 2.74 Å². The van der Waals surface area contributed by atoms with Crippen molar-refractivity contribution in [2.75, 3.05) is 4.90 Å². The lowest BCUT2D eigenvalue weighted by Crippen LogP contribution is -2.16. The van der Waals surface area contributed by atoms with E-state index >= 15 is 0 Å². The van der Waals surface area contributed by atoms with Crippen LogP contribution in [0.1, 0.15) is 38.8 Å². The molecule has 0 aromatic heterocycles. The van der Waals surface area contributed by atoms with Gasteiger partial charge in [0.05, 0.1) is 2.74 Å². The third-order valence-electron chi connectivity index (χ3n) is 14.9. The van der Waals surface area contributed by atoms with Crippen LogP contribution in [0.5, 0.6) is 0 Å². The molecule has 72 heavy (non-hydrogen) atoms. The van der Waals surface area contributed by atoms with Crippen molar-refractivity contribution in [3.8, 4) is 55.6 Å². The van der Waals surface area contributed by atoms with Gasteiger partial charge in [-0.15, -0.1) is 0 Å². The highest BCUT2D eigenvalue weighted by Crippen LogP contribution is 2.51. The van der Waals surface area contributed by atoms with Crippen molar-refractivity contribution in [3.05, 3.63) is 283 Å². The molecule has 13 rings (SSSR count). The van der Waals surface area contributed by atoms with Gasteiger partial charge in [-0.1, -0.05) is 238 Å². The van der Waals surface area contributed by atoms with Gasteiger partial charge in [-0.3, -0.25) is 0 Å².